The van der Waals surface area contributed by atoms with Crippen molar-refractivity contribution in [2.75, 3.05) is 6.61 Å². The van der Waals surface area contributed by atoms with Crippen LogP contribution in [-0.4, -0.2) is 27.7 Å². The van der Waals surface area contributed by atoms with Crippen molar-refractivity contribution in [3.63, 3.8) is 0 Å². The topological polar surface area (TPSA) is 39.9 Å². The van der Waals surface area contributed by atoms with Crippen LogP contribution in [-0.2, 0) is 11.3 Å². The zero-order valence-corrected chi connectivity index (χ0v) is 10.5. The van der Waals surface area contributed by atoms with Crippen LogP contribution in [0.5, 0.6) is 0 Å². The number of aromatic nitrogens is 3. The fourth-order valence-corrected chi connectivity index (χ4v) is 2.24. The van der Waals surface area contributed by atoms with Gasteiger partial charge in [0.15, 0.2) is 0 Å². The van der Waals surface area contributed by atoms with Gasteiger partial charge < -0.3 is 4.74 Å². The van der Waals surface area contributed by atoms with Crippen molar-refractivity contribution in [1.29, 1.82) is 0 Å². The predicted molar refractivity (Wildman–Crippen MR) is 69.2 cm³/mol. The first-order valence-electron chi connectivity index (χ1n) is 6.40. The van der Waals surface area contributed by atoms with Gasteiger partial charge in [-0.25, -0.2) is 4.68 Å². The minimum Gasteiger partial charge on any atom is -0.376 e. The normalized spacial score (nSPS) is 19.3. The highest BCUT2D eigenvalue weighted by Gasteiger charge is 2.16. The molecule has 0 radical (unpaired) electrons. The van der Waals surface area contributed by atoms with Gasteiger partial charge in [-0.3, -0.25) is 0 Å². The van der Waals surface area contributed by atoms with E-state index in [9.17, 15) is 0 Å². The van der Waals surface area contributed by atoms with Crippen molar-refractivity contribution < 1.29 is 4.74 Å². The Labute approximate surface area is 107 Å². The zero-order chi connectivity index (χ0) is 12.4. The molecular formula is C14H17N3O. The van der Waals surface area contributed by atoms with Gasteiger partial charge in [-0.1, -0.05) is 35.0 Å². The minimum atomic E-state index is 0.303. The average Bonchev–Trinajstić information content (AvgIpc) is 3.02. The van der Waals surface area contributed by atoms with Crippen LogP contribution < -0.4 is 0 Å². The van der Waals surface area contributed by atoms with E-state index in [0.29, 0.717) is 6.10 Å². The fourth-order valence-electron chi connectivity index (χ4n) is 2.24. The second-order valence-electron chi connectivity index (χ2n) is 4.83. The lowest BCUT2D eigenvalue weighted by Crippen LogP contribution is -2.15. The van der Waals surface area contributed by atoms with Gasteiger partial charge >= 0.3 is 0 Å². The number of ether oxygens (including phenoxy) is 1. The van der Waals surface area contributed by atoms with Crippen LogP contribution in [0.3, 0.4) is 0 Å². The molecule has 1 aliphatic rings. The van der Waals surface area contributed by atoms with Gasteiger partial charge in [-0.15, -0.1) is 5.10 Å². The molecule has 1 saturated heterocycles. The van der Waals surface area contributed by atoms with E-state index in [1.165, 1.54) is 5.56 Å². The Bertz CT molecular complexity index is 512. The van der Waals surface area contributed by atoms with Crippen LogP contribution in [0.1, 0.15) is 18.4 Å². The van der Waals surface area contributed by atoms with Crippen LogP contribution in [0.4, 0.5) is 0 Å². The molecule has 1 aliphatic heterocycles. The van der Waals surface area contributed by atoms with E-state index in [0.717, 1.165) is 37.3 Å². The minimum absolute atomic E-state index is 0.303. The molecule has 0 amide bonds. The highest BCUT2D eigenvalue weighted by Crippen LogP contribution is 2.18. The molecule has 0 saturated carbocycles. The summed E-state index contributed by atoms with van der Waals surface area (Å²) >= 11 is 0. The molecule has 1 unspecified atom stereocenters. The molecule has 94 valence electrons. The van der Waals surface area contributed by atoms with Crippen molar-refractivity contribution in [2.24, 2.45) is 0 Å². The maximum Gasteiger partial charge on any atom is 0.113 e. The summed E-state index contributed by atoms with van der Waals surface area (Å²) in [7, 11) is 0. The maximum atomic E-state index is 5.60. The molecular weight excluding hydrogens is 226 g/mol. The van der Waals surface area contributed by atoms with Gasteiger partial charge in [0.25, 0.3) is 0 Å². The Morgan fingerprint density at radius 2 is 2.17 bits per heavy atom. The predicted octanol–water partition coefficient (Wildman–Crippen LogP) is 2.43. The summed E-state index contributed by atoms with van der Waals surface area (Å²) < 4.78 is 7.48. The lowest BCUT2D eigenvalue weighted by Gasteiger charge is -2.07. The molecule has 0 spiro atoms. The van der Waals surface area contributed by atoms with Gasteiger partial charge in [0.2, 0.25) is 0 Å². The number of aryl methyl sites for hydroxylation is 1. The Balaban J connectivity index is 1.74. The van der Waals surface area contributed by atoms with E-state index < -0.39 is 0 Å². The Hall–Kier alpha value is -1.68. The van der Waals surface area contributed by atoms with E-state index in [-0.39, 0.29) is 0 Å². The monoisotopic (exact) mass is 243 g/mol. The van der Waals surface area contributed by atoms with E-state index >= 15 is 0 Å². The van der Waals surface area contributed by atoms with Crippen LogP contribution in [0, 0.1) is 6.92 Å². The second kappa shape index (κ2) is 4.90. The first-order chi connectivity index (χ1) is 8.81. The fraction of sp³-hybridized carbons (Fsp3) is 0.429. The summed E-state index contributed by atoms with van der Waals surface area (Å²) in [6.07, 6.45) is 4.58. The highest BCUT2D eigenvalue weighted by molar-refractivity contribution is 5.57. The first-order valence-corrected chi connectivity index (χ1v) is 6.40. The highest BCUT2D eigenvalue weighted by atomic mass is 16.5. The van der Waals surface area contributed by atoms with Crippen LogP contribution in [0.15, 0.2) is 30.5 Å². The van der Waals surface area contributed by atoms with Gasteiger partial charge in [0.05, 0.1) is 18.8 Å². The van der Waals surface area contributed by atoms with E-state index in [4.69, 9.17) is 4.74 Å². The Morgan fingerprint density at radius 1 is 1.33 bits per heavy atom. The quantitative estimate of drug-likeness (QED) is 0.831. The van der Waals surface area contributed by atoms with Gasteiger partial charge in [0, 0.05) is 12.2 Å². The number of nitrogens with zero attached hydrogens (tertiary/aromatic N) is 3. The van der Waals surface area contributed by atoms with Crippen molar-refractivity contribution in [1.82, 2.24) is 15.0 Å². The largest absolute Gasteiger partial charge is 0.376 e. The lowest BCUT2D eigenvalue weighted by molar-refractivity contribution is 0.0935. The summed E-state index contributed by atoms with van der Waals surface area (Å²) in [5.41, 5.74) is 3.29. The van der Waals surface area contributed by atoms with Gasteiger partial charge in [-0.05, 0) is 19.8 Å². The molecule has 0 N–H and O–H groups in total. The zero-order valence-electron chi connectivity index (χ0n) is 10.5. The third-order valence-corrected chi connectivity index (χ3v) is 3.30. The first kappa shape index (κ1) is 11.4. The Morgan fingerprint density at radius 3 is 2.89 bits per heavy atom. The van der Waals surface area contributed by atoms with E-state index in [1.807, 2.05) is 10.9 Å². The molecule has 3 rings (SSSR count). The summed E-state index contributed by atoms with van der Waals surface area (Å²) in [4.78, 5) is 0. The molecule has 1 fully saturated rings. The van der Waals surface area contributed by atoms with Gasteiger partial charge in [-0.2, -0.15) is 0 Å². The summed E-state index contributed by atoms with van der Waals surface area (Å²) in [6.45, 7) is 3.76. The van der Waals surface area contributed by atoms with E-state index in [2.05, 4.69) is 41.5 Å². The van der Waals surface area contributed by atoms with Gasteiger partial charge in [0.1, 0.15) is 5.69 Å². The lowest BCUT2D eigenvalue weighted by atomic mass is 10.1. The molecule has 0 bridgehead atoms. The maximum absolute atomic E-state index is 5.60. The summed E-state index contributed by atoms with van der Waals surface area (Å²) in [5.74, 6) is 0. The molecule has 2 heterocycles. The molecule has 1 atom stereocenters. The summed E-state index contributed by atoms with van der Waals surface area (Å²) in [5, 5.41) is 8.38. The van der Waals surface area contributed by atoms with Crippen LogP contribution in [0.2, 0.25) is 0 Å². The van der Waals surface area contributed by atoms with Crippen molar-refractivity contribution in [3.05, 3.63) is 36.0 Å². The molecule has 1 aromatic carbocycles. The van der Waals surface area contributed by atoms with Crippen molar-refractivity contribution in [2.45, 2.75) is 32.4 Å². The third-order valence-electron chi connectivity index (χ3n) is 3.30. The third kappa shape index (κ3) is 2.43. The number of hydrogen-bond acceptors (Lipinski definition) is 3. The molecule has 18 heavy (non-hydrogen) atoms. The molecule has 2 aromatic rings. The standard InChI is InChI=1S/C14H17N3O/c1-11-4-6-12(7-5-11)14-10-17(16-15-14)9-13-3-2-8-18-13/h4-7,10,13H,2-3,8-9H2,1H3. The SMILES string of the molecule is Cc1ccc(-c2cn(CC3CCCO3)nn2)cc1. The number of hydrogen-bond donors (Lipinski definition) is 0. The number of rotatable bonds is 3. The smallest absolute Gasteiger partial charge is 0.113 e. The van der Waals surface area contributed by atoms with Crippen LogP contribution in [0.25, 0.3) is 11.3 Å². The van der Waals surface area contributed by atoms with Crippen LogP contribution >= 0.6 is 0 Å². The second-order valence-corrected chi connectivity index (χ2v) is 4.83. The summed E-state index contributed by atoms with van der Waals surface area (Å²) in [6, 6.07) is 8.34. The Kier molecular flexibility index (Phi) is 3.11. The van der Waals surface area contributed by atoms with E-state index in [1.54, 1.807) is 0 Å². The van der Waals surface area contributed by atoms with Crippen molar-refractivity contribution in [3.8, 4) is 11.3 Å². The molecule has 1 aromatic heterocycles. The molecule has 4 nitrogen and oxygen atoms in total. The molecule has 0 aliphatic carbocycles. The average molecular weight is 243 g/mol. The van der Waals surface area contributed by atoms with Crippen molar-refractivity contribution >= 4 is 0 Å². The molecule has 4 heteroatoms. The number of benzene rings is 1.